The highest BCUT2D eigenvalue weighted by Gasteiger charge is 2.10. The van der Waals surface area contributed by atoms with Crippen LogP contribution >= 0.6 is 0 Å². The molecule has 3 rings (SSSR count). The number of pyridine rings is 1. The fourth-order valence-electron chi connectivity index (χ4n) is 2.33. The lowest BCUT2D eigenvalue weighted by Gasteiger charge is -2.26. The van der Waals surface area contributed by atoms with Gasteiger partial charge < -0.3 is 4.74 Å². The van der Waals surface area contributed by atoms with Crippen LogP contribution in [0.25, 0.3) is 11.3 Å². The Balaban J connectivity index is 1.69. The summed E-state index contributed by atoms with van der Waals surface area (Å²) >= 11 is 0. The summed E-state index contributed by atoms with van der Waals surface area (Å²) in [6.07, 6.45) is 1.90. The molecule has 2 aromatic rings. The molecule has 1 saturated heterocycles. The molecule has 20 heavy (non-hydrogen) atoms. The minimum atomic E-state index is -0.224. The molecule has 1 aromatic carbocycles. The molecule has 104 valence electrons. The van der Waals surface area contributed by atoms with Crippen molar-refractivity contribution in [2.75, 3.05) is 26.3 Å². The van der Waals surface area contributed by atoms with Crippen molar-refractivity contribution in [2.24, 2.45) is 0 Å². The van der Waals surface area contributed by atoms with Crippen LogP contribution in [0.5, 0.6) is 0 Å². The van der Waals surface area contributed by atoms with Gasteiger partial charge in [0.05, 0.1) is 18.9 Å². The summed E-state index contributed by atoms with van der Waals surface area (Å²) in [5, 5.41) is 0. The van der Waals surface area contributed by atoms with Gasteiger partial charge in [-0.2, -0.15) is 0 Å². The lowest BCUT2D eigenvalue weighted by molar-refractivity contribution is 0.0341. The van der Waals surface area contributed by atoms with Gasteiger partial charge in [-0.15, -0.1) is 0 Å². The van der Waals surface area contributed by atoms with E-state index in [0.29, 0.717) is 0 Å². The van der Waals surface area contributed by atoms with Gasteiger partial charge in [-0.3, -0.25) is 9.88 Å². The third kappa shape index (κ3) is 3.21. The van der Waals surface area contributed by atoms with E-state index in [9.17, 15) is 4.39 Å². The van der Waals surface area contributed by atoms with E-state index in [2.05, 4.69) is 16.0 Å². The maximum absolute atomic E-state index is 12.9. The number of aromatic nitrogens is 1. The molecule has 1 aliphatic heterocycles. The Bertz CT molecular complexity index is 548. The number of hydrogen-bond acceptors (Lipinski definition) is 3. The second-order valence-corrected chi connectivity index (χ2v) is 4.95. The van der Waals surface area contributed by atoms with Gasteiger partial charge in [0.2, 0.25) is 0 Å². The predicted molar refractivity (Wildman–Crippen MR) is 75.7 cm³/mol. The molecule has 0 aliphatic carbocycles. The third-order valence-corrected chi connectivity index (χ3v) is 3.47. The first-order valence-electron chi connectivity index (χ1n) is 6.82. The van der Waals surface area contributed by atoms with Gasteiger partial charge in [-0.1, -0.05) is 6.07 Å². The highest BCUT2D eigenvalue weighted by atomic mass is 19.1. The Morgan fingerprint density at radius 3 is 2.45 bits per heavy atom. The molecular weight excluding hydrogens is 255 g/mol. The number of hydrogen-bond donors (Lipinski definition) is 0. The van der Waals surface area contributed by atoms with E-state index in [1.54, 1.807) is 12.1 Å². The second kappa shape index (κ2) is 6.11. The standard InChI is InChI=1S/C16H17FN2O/c17-15-4-2-14(3-5-15)16-6-1-13(11-18-16)12-19-7-9-20-10-8-19/h1-6,11H,7-10,12H2. The number of nitrogens with zero attached hydrogens (tertiary/aromatic N) is 2. The van der Waals surface area contributed by atoms with E-state index >= 15 is 0 Å². The molecule has 4 heteroatoms. The minimum absolute atomic E-state index is 0.224. The van der Waals surface area contributed by atoms with Crippen molar-refractivity contribution in [3.8, 4) is 11.3 Å². The number of morpholine rings is 1. The lowest BCUT2D eigenvalue weighted by Crippen LogP contribution is -2.35. The van der Waals surface area contributed by atoms with Crippen molar-refractivity contribution in [2.45, 2.75) is 6.54 Å². The van der Waals surface area contributed by atoms with E-state index < -0.39 is 0 Å². The topological polar surface area (TPSA) is 25.4 Å². The number of halogens is 1. The Morgan fingerprint density at radius 1 is 1.05 bits per heavy atom. The van der Waals surface area contributed by atoms with E-state index in [4.69, 9.17) is 4.74 Å². The van der Waals surface area contributed by atoms with Crippen molar-refractivity contribution in [1.29, 1.82) is 0 Å². The molecule has 0 radical (unpaired) electrons. The average Bonchev–Trinajstić information content (AvgIpc) is 2.50. The normalized spacial score (nSPS) is 16.2. The molecule has 2 heterocycles. The molecule has 0 N–H and O–H groups in total. The zero-order valence-corrected chi connectivity index (χ0v) is 11.3. The van der Waals surface area contributed by atoms with Crippen LogP contribution < -0.4 is 0 Å². The van der Waals surface area contributed by atoms with E-state index in [0.717, 1.165) is 44.1 Å². The fraction of sp³-hybridized carbons (Fsp3) is 0.312. The quantitative estimate of drug-likeness (QED) is 0.859. The largest absolute Gasteiger partial charge is 0.379 e. The summed E-state index contributed by atoms with van der Waals surface area (Å²) in [4.78, 5) is 6.82. The predicted octanol–water partition coefficient (Wildman–Crippen LogP) is 2.72. The van der Waals surface area contributed by atoms with E-state index in [-0.39, 0.29) is 5.82 Å². The van der Waals surface area contributed by atoms with E-state index in [1.807, 2.05) is 12.3 Å². The lowest BCUT2D eigenvalue weighted by atomic mass is 10.1. The van der Waals surface area contributed by atoms with Crippen LogP contribution in [-0.4, -0.2) is 36.2 Å². The number of benzene rings is 1. The smallest absolute Gasteiger partial charge is 0.123 e. The van der Waals surface area contributed by atoms with Gasteiger partial charge in [0.15, 0.2) is 0 Å². The highest BCUT2D eigenvalue weighted by Crippen LogP contribution is 2.18. The molecule has 0 saturated carbocycles. The van der Waals surface area contributed by atoms with Gasteiger partial charge in [0.25, 0.3) is 0 Å². The van der Waals surface area contributed by atoms with Crippen LogP contribution in [0, 0.1) is 5.82 Å². The highest BCUT2D eigenvalue weighted by molar-refractivity contribution is 5.58. The Morgan fingerprint density at radius 2 is 1.80 bits per heavy atom. The summed E-state index contributed by atoms with van der Waals surface area (Å²) in [7, 11) is 0. The van der Waals surface area contributed by atoms with Crippen molar-refractivity contribution in [1.82, 2.24) is 9.88 Å². The van der Waals surface area contributed by atoms with Crippen molar-refractivity contribution in [3.63, 3.8) is 0 Å². The van der Waals surface area contributed by atoms with Crippen LogP contribution in [0.2, 0.25) is 0 Å². The molecule has 3 nitrogen and oxygen atoms in total. The molecule has 0 spiro atoms. The molecule has 0 unspecified atom stereocenters. The van der Waals surface area contributed by atoms with Gasteiger partial charge in [0, 0.05) is 31.4 Å². The average molecular weight is 272 g/mol. The monoisotopic (exact) mass is 272 g/mol. The fourth-order valence-corrected chi connectivity index (χ4v) is 2.33. The molecular formula is C16H17FN2O. The van der Waals surface area contributed by atoms with Gasteiger partial charge >= 0.3 is 0 Å². The Labute approximate surface area is 118 Å². The first-order valence-corrected chi connectivity index (χ1v) is 6.82. The van der Waals surface area contributed by atoms with Crippen LogP contribution in [-0.2, 0) is 11.3 Å². The Kier molecular flexibility index (Phi) is 4.04. The van der Waals surface area contributed by atoms with Crippen molar-refractivity contribution in [3.05, 3.63) is 54.0 Å². The van der Waals surface area contributed by atoms with Crippen LogP contribution in [0.15, 0.2) is 42.6 Å². The molecule has 0 amide bonds. The molecule has 0 atom stereocenters. The van der Waals surface area contributed by atoms with Crippen LogP contribution in [0.1, 0.15) is 5.56 Å². The first-order chi connectivity index (χ1) is 9.81. The minimum Gasteiger partial charge on any atom is -0.379 e. The SMILES string of the molecule is Fc1ccc(-c2ccc(CN3CCOCC3)cn2)cc1. The van der Waals surface area contributed by atoms with Crippen LogP contribution in [0.3, 0.4) is 0 Å². The second-order valence-electron chi connectivity index (χ2n) is 4.95. The van der Waals surface area contributed by atoms with Gasteiger partial charge in [-0.25, -0.2) is 4.39 Å². The summed E-state index contributed by atoms with van der Waals surface area (Å²) in [5.74, 6) is -0.224. The van der Waals surface area contributed by atoms with Crippen molar-refractivity contribution < 1.29 is 9.13 Å². The zero-order valence-electron chi connectivity index (χ0n) is 11.3. The summed E-state index contributed by atoms with van der Waals surface area (Å²) in [6.45, 7) is 4.46. The maximum atomic E-state index is 12.9. The van der Waals surface area contributed by atoms with Crippen molar-refractivity contribution >= 4 is 0 Å². The molecule has 1 fully saturated rings. The summed E-state index contributed by atoms with van der Waals surface area (Å²) in [6, 6.07) is 10.5. The number of ether oxygens (including phenoxy) is 1. The molecule has 0 bridgehead atoms. The van der Waals surface area contributed by atoms with Gasteiger partial charge in [0.1, 0.15) is 5.82 Å². The summed E-state index contributed by atoms with van der Waals surface area (Å²) < 4.78 is 18.2. The van der Waals surface area contributed by atoms with Crippen LogP contribution in [0.4, 0.5) is 4.39 Å². The third-order valence-electron chi connectivity index (χ3n) is 3.47. The van der Waals surface area contributed by atoms with Gasteiger partial charge in [-0.05, 0) is 35.9 Å². The van der Waals surface area contributed by atoms with E-state index in [1.165, 1.54) is 17.7 Å². The molecule has 1 aromatic heterocycles. The maximum Gasteiger partial charge on any atom is 0.123 e. The summed E-state index contributed by atoms with van der Waals surface area (Å²) in [5.41, 5.74) is 3.00. The Hall–Kier alpha value is -1.78. The first kappa shape index (κ1) is 13.2. The number of rotatable bonds is 3. The zero-order chi connectivity index (χ0) is 13.8. The molecule has 1 aliphatic rings.